The number of hydrogen-bond acceptors (Lipinski definition) is 7. The molecule has 0 spiro atoms. The van der Waals surface area contributed by atoms with Gasteiger partial charge in [-0.3, -0.25) is 9.69 Å². The second-order valence-electron chi connectivity index (χ2n) is 6.96. The lowest BCUT2D eigenvalue weighted by Gasteiger charge is -2.21. The normalized spacial score (nSPS) is 22.8. The Morgan fingerprint density at radius 1 is 1.28 bits per heavy atom. The third-order valence-electron chi connectivity index (χ3n) is 4.82. The number of carboxylic acids is 1. The van der Waals surface area contributed by atoms with Gasteiger partial charge in [-0.25, -0.2) is 0 Å². The predicted molar refractivity (Wildman–Crippen MR) is 87.6 cm³/mol. The van der Waals surface area contributed by atoms with E-state index in [2.05, 4.69) is 19.9 Å². The zero-order valence-electron chi connectivity index (χ0n) is 14.0. The van der Waals surface area contributed by atoms with Crippen molar-refractivity contribution in [3.63, 3.8) is 0 Å². The molecule has 8 heteroatoms. The quantitative estimate of drug-likeness (QED) is 0.842. The number of carbonyl (C=O) groups is 1. The Kier molecular flexibility index (Phi) is 4.54. The van der Waals surface area contributed by atoms with E-state index in [4.69, 9.17) is 8.94 Å². The van der Waals surface area contributed by atoms with Crippen molar-refractivity contribution in [1.29, 1.82) is 0 Å². The molecule has 0 aromatic carbocycles. The van der Waals surface area contributed by atoms with Crippen molar-refractivity contribution in [1.82, 2.24) is 19.9 Å². The lowest BCUT2D eigenvalue weighted by molar-refractivity contribution is -0.142. The van der Waals surface area contributed by atoms with Crippen LogP contribution in [0, 0.1) is 11.8 Å². The monoisotopic (exact) mass is 346 g/mol. The molecule has 0 bridgehead atoms. The zero-order chi connectivity index (χ0) is 17.2. The van der Waals surface area contributed by atoms with Gasteiger partial charge in [-0.2, -0.15) is 4.98 Å². The molecule has 0 radical (unpaired) electrons. The molecular weight excluding hydrogens is 324 g/mol. The van der Waals surface area contributed by atoms with Crippen molar-refractivity contribution < 1.29 is 18.8 Å². The molecule has 2 aromatic heterocycles. The molecule has 1 saturated heterocycles. The SMILES string of the molecule is O=C(O)C1CN(Cc2nc(-c3ccco3)no2)CCN(CC2CC2)C1. The summed E-state index contributed by atoms with van der Waals surface area (Å²) in [6.45, 7) is 4.25. The summed E-state index contributed by atoms with van der Waals surface area (Å²) in [5.74, 6) is 1.08. The van der Waals surface area contributed by atoms with Crippen molar-refractivity contribution >= 4 is 5.97 Å². The van der Waals surface area contributed by atoms with Crippen LogP contribution in [0.5, 0.6) is 0 Å². The second kappa shape index (κ2) is 6.97. The van der Waals surface area contributed by atoms with Crippen LogP contribution in [-0.2, 0) is 11.3 Å². The molecular formula is C17H22N4O4. The lowest BCUT2D eigenvalue weighted by atomic mass is 10.1. The van der Waals surface area contributed by atoms with E-state index in [1.165, 1.54) is 12.8 Å². The molecule has 3 heterocycles. The van der Waals surface area contributed by atoms with Crippen LogP contribution in [-0.4, -0.2) is 63.7 Å². The fourth-order valence-electron chi connectivity index (χ4n) is 3.29. The largest absolute Gasteiger partial charge is 0.481 e. The van der Waals surface area contributed by atoms with E-state index in [0.717, 1.165) is 25.6 Å². The van der Waals surface area contributed by atoms with E-state index >= 15 is 0 Å². The third-order valence-corrected chi connectivity index (χ3v) is 4.82. The highest BCUT2D eigenvalue weighted by atomic mass is 16.5. The van der Waals surface area contributed by atoms with Gasteiger partial charge in [0.2, 0.25) is 11.7 Å². The Morgan fingerprint density at radius 3 is 2.80 bits per heavy atom. The number of hydrogen-bond donors (Lipinski definition) is 1. The summed E-state index contributed by atoms with van der Waals surface area (Å²) < 4.78 is 10.6. The van der Waals surface area contributed by atoms with Crippen LogP contribution < -0.4 is 0 Å². The average Bonchev–Trinajstić information content (AvgIpc) is 3.08. The minimum absolute atomic E-state index is 0.395. The van der Waals surface area contributed by atoms with Gasteiger partial charge in [0.25, 0.3) is 0 Å². The van der Waals surface area contributed by atoms with Crippen LogP contribution in [0.1, 0.15) is 18.7 Å². The zero-order valence-corrected chi connectivity index (χ0v) is 14.0. The minimum atomic E-state index is -0.741. The number of furan rings is 1. The van der Waals surface area contributed by atoms with Crippen LogP contribution in [0.15, 0.2) is 27.3 Å². The molecule has 8 nitrogen and oxygen atoms in total. The van der Waals surface area contributed by atoms with Gasteiger partial charge in [-0.1, -0.05) is 5.16 Å². The number of rotatable bonds is 6. The first-order chi connectivity index (χ1) is 12.2. The van der Waals surface area contributed by atoms with E-state index in [-0.39, 0.29) is 0 Å². The van der Waals surface area contributed by atoms with Gasteiger partial charge in [-0.05, 0) is 30.9 Å². The topological polar surface area (TPSA) is 95.8 Å². The van der Waals surface area contributed by atoms with Gasteiger partial charge in [0, 0.05) is 32.7 Å². The van der Waals surface area contributed by atoms with Crippen LogP contribution in [0.25, 0.3) is 11.6 Å². The smallest absolute Gasteiger partial charge is 0.309 e. The maximum absolute atomic E-state index is 11.6. The van der Waals surface area contributed by atoms with Gasteiger partial charge < -0.3 is 18.9 Å². The molecule has 2 aliphatic rings. The Balaban J connectivity index is 1.41. The number of aliphatic carboxylic acids is 1. The van der Waals surface area contributed by atoms with Gasteiger partial charge in [0.15, 0.2) is 5.76 Å². The highest BCUT2D eigenvalue weighted by Crippen LogP contribution is 2.30. The van der Waals surface area contributed by atoms with E-state index in [0.29, 0.717) is 37.1 Å². The first kappa shape index (κ1) is 16.3. The summed E-state index contributed by atoms with van der Waals surface area (Å²) in [5, 5.41) is 13.5. The van der Waals surface area contributed by atoms with Crippen molar-refractivity contribution in [2.75, 3.05) is 32.7 Å². The maximum atomic E-state index is 11.6. The Morgan fingerprint density at radius 2 is 2.08 bits per heavy atom. The molecule has 1 aliphatic heterocycles. The molecule has 1 atom stereocenters. The highest BCUT2D eigenvalue weighted by molar-refractivity contribution is 5.70. The fourth-order valence-corrected chi connectivity index (χ4v) is 3.29. The highest BCUT2D eigenvalue weighted by Gasteiger charge is 2.31. The summed E-state index contributed by atoms with van der Waals surface area (Å²) in [6, 6.07) is 3.54. The summed E-state index contributed by atoms with van der Waals surface area (Å²) in [5.41, 5.74) is 0. The van der Waals surface area contributed by atoms with E-state index in [9.17, 15) is 9.90 Å². The Bertz CT molecular complexity index is 710. The lowest BCUT2D eigenvalue weighted by Crippen LogP contribution is -2.35. The maximum Gasteiger partial charge on any atom is 0.309 e. The van der Waals surface area contributed by atoms with Crippen LogP contribution in [0.3, 0.4) is 0 Å². The minimum Gasteiger partial charge on any atom is -0.481 e. The summed E-state index contributed by atoms with van der Waals surface area (Å²) >= 11 is 0. The Labute approximate surface area is 145 Å². The number of nitrogens with zero attached hydrogens (tertiary/aromatic N) is 4. The van der Waals surface area contributed by atoms with E-state index in [1.807, 2.05) is 0 Å². The molecule has 1 unspecified atom stereocenters. The van der Waals surface area contributed by atoms with E-state index in [1.54, 1.807) is 18.4 Å². The van der Waals surface area contributed by atoms with E-state index < -0.39 is 11.9 Å². The molecule has 1 aliphatic carbocycles. The third kappa shape index (κ3) is 4.08. The molecule has 2 fully saturated rings. The molecule has 4 rings (SSSR count). The Hall–Kier alpha value is -2.19. The summed E-state index contributed by atoms with van der Waals surface area (Å²) in [6.07, 6.45) is 4.11. The van der Waals surface area contributed by atoms with Crippen LogP contribution in [0.4, 0.5) is 0 Å². The van der Waals surface area contributed by atoms with Crippen molar-refractivity contribution in [2.24, 2.45) is 11.8 Å². The molecule has 25 heavy (non-hydrogen) atoms. The van der Waals surface area contributed by atoms with Gasteiger partial charge in [0.1, 0.15) is 0 Å². The van der Waals surface area contributed by atoms with Gasteiger partial charge in [-0.15, -0.1) is 0 Å². The molecule has 134 valence electrons. The molecule has 2 aromatic rings. The summed E-state index contributed by atoms with van der Waals surface area (Å²) in [4.78, 5) is 20.3. The number of aromatic nitrogens is 2. The fraction of sp³-hybridized carbons (Fsp3) is 0.588. The standard InChI is InChI=1S/C17H22N4O4/c22-17(23)13-9-20(8-12-3-4-12)5-6-21(10-13)11-15-18-16(19-25-15)14-2-1-7-24-14/h1-2,7,12-13H,3-6,8-11H2,(H,22,23). The van der Waals surface area contributed by atoms with Gasteiger partial charge in [0.05, 0.1) is 18.7 Å². The molecule has 1 N–H and O–H groups in total. The first-order valence-corrected chi connectivity index (χ1v) is 8.71. The van der Waals surface area contributed by atoms with Crippen LogP contribution in [0.2, 0.25) is 0 Å². The molecule has 1 saturated carbocycles. The first-order valence-electron chi connectivity index (χ1n) is 8.71. The predicted octanol–water partition coefficient (Wildman–Crippen LogP) is 1.56. The number of carboxylic acid groups (broad SMARTS) is 1. The van der Waals surface area contributed by atoms with Crippen molar-refractivity contribution in [3.8, 4) is 11.6 Å². The average molecular weight is 346 g/mol. The van der Waals surface area contributed by atoms with Crippen LogP contribution >= 0.6 is 0 Å². The second-order valence-corrected chi connectivity index (χ2v) is 6.96. The van der Waals surface area contributed by atoms with Crippen molar-refractivity contribution in [2.45, 2.75) is 19.4 Å². The summed E-state index contributed by atoms with van der Waals surface area (Å²) in [7, 11) is 0. The van der Waals surface area contributed by atoms with Crippen molar-refractivity contribution in [3.05, 3.63) is 24.3 Å². The molecule has 0 amide bonds. The van der Waals surface area contributed by atoms with Gasteiger partial charge >= 0.3 is 5.97 Å².